The van der Waals surface area contributed by atoms with Gasteiger partial charge in [-0.05, 0) is 11.6 Å². The number of anilines is 2. The summed E-state index contributed by atoms with van der Waals surface area (Å²) in [6, 6.07) is 7.63. The minimum Gasteiger partial charge on any atom is -0.328 e. The predicted octanol–water partition coefficient (Wildman–Crippen LogP) is 1.65. The standard InChI is InChI=1S/C12H13ClN4O/c1-17(9-5-3-2-4-8(9)6-14)11-10(13)12(18)16-7-15-11/h2-5,7H,6,14H2,1H3,(H,15,16,18). The lowest BCUT2D eigenvalue weighted by atomic mass is 10.1. The first-order valence-corrected chi connectivity index (χ1v) is 5.78. The summed E-state index contributed by atoms with van der Waals surface area (Å²) in [4.78, 5) is 19.7. The number of hydrogen-bond acceptors (Lipinski definition) is 4. The molecule has 0 aliphatic heterocycles. The van der Waals surface area contributed by atoms with Gasteiger partial charge in [0.2, 0.25) is 0 Å². The fourth-order valence-corrected chi connectivity index (χ4v) is 1.96. The van der Waals surface area contributed by atoms with Crippen LogP contribution in [-0.4, -0.2) is 17.0 Å². The third-order valence-corrected chi connectivity index (χ3v) is 3.01. The molecule has 0 unspecified atom stereocenters. The summed E-state index contributed by atoms with van der Waals surface area (Å²) in [5, 5.41) is 0.0619. The van der Waals surface area contributed by atoms with E-state index in [1.165, 1.54) is 6.33 Å². The number of rotatable bonds is 3. The highest BCUT2D eigenvalue weighted by Crippen LogP contribution is 2.28. The quantitative estimate of drug-likeness (QED) is 0.884. The van der Waals surface area contributed by atoms with Gasteiger partial charge in [0.15, 0.2) is 5.82 Å². The molecule has 94 valence electrons. The summed E-state index contributed by atoms with van der Waals surface area (Å²) >= 11 is 5.95. The average Bonchev–Trinajstić information content (AvgIpc) is 2.41. The van der Waals surface area contributed by atoms with Gasteiger partial charge in [-0.3, -0.25) is 4.79 Å². The minimum atomic E-state index is -0.362. The van der Waals surface area contributed by atoms with E-state index in [0.29, 0.717) is 12.4 Å². The van der Waals surface area contributed by atoms with Gasteiger partial charge in [-0.2, -0.15) is 0 Å². The molecule has 0 aliphatic carbocycles. The number of aromatic nitrogens is 2. The van der Waals surface area contributed by atoms with Crippen molar-refractivity contribution < 1.29 is 0 Å². The normalized spacial score (nSPS) is 10.4. The van der Waals surface area contributed by atoms with Gasteiger partial charge in [-0.25, -0.2) is 4.98 Å². The molecule has 2 aromatic rings. The van der Waals surface area contributed by atoms with Crippen molar-refractivity contribution in [3.63, 3.8) is 0 Å². The Morgan fingerprint density at radius 3 is 2.89 bits per heavy atom. The maximum atomic E-state index is 11.5. The molecule has 3 N–H and O–H groups in total. The van der Waals surface area contributed by atoms with E-state index < -0.39 is 0 Å². The van der Waals surface area contributed by atoms with Crippen LogP contribution in [0.1, 0.15) is 5.56 Å². The van der Waals surface area contributed by atoms with Crippen LogP contribution in [0, 0.1) is 0 Å². The van der Waals surface area contributed by atoms with E-state index in [0.717, 1.165) is 11.3 Å². The molecule has 0 fully saturated rings. The van der Waals surface area contributed by atoms with Crippen LogP contribution in [0.15, 0.2) is 35.4 Å². The number of hydrogen-bond donors (Lipinski definition) is 2. The zero-order chi connectivity index (χ0) is 13.1. The Labute approximate surface area is 109 Å². The Kier molecular flexibility index (Phi) is 3.64. The molecular weight excluding hydrogens is 252 g/mol. The van der Waals surface area contributed by atoms with Gasteiger partial charge in [-0.1, -0.05) is 29.8 Å². The zero-order valence-electron chi connectivity index (χ0n) is 9.85. The molecule has 0 atom stereocenters. The average molecular weight is 265 g/mol. The number of nitrogens with one attached hydrogen (secondary N) is 1. The van der Waals surface area contributed by atoms with Gasteiger partial charge in [0.1, 0.15) is 5.02 Å². The van der Waals surface area contributed by atoms with Crippen LogP contribution in [0.2, 0.25) is 5.02 Å². The van der Waals surface area contributed by atoms with Crippen molar-refractivity contribution in [3.8, 4) is 0 Å². The molecule has 0 amide bonds. The fraction of sp³-hybridized carbons (Fsp3) is 0.167. The molecule has 2 rings (SSSR count). The fourth-order valence-electron chi connectivity index (χ4n) is 1.73. The first kappa shape index (κ1) is 12.6. The number of halogens is 1. The largest absolute Gasteiger partial charge is 0.328 e. The Morgan fingerprint density at radius 2 is 2.17 bits per heavy atom. The third-order valence-electron chi connectivity index (χ3n) is 2.67. The lowest BCUT2D eigenvalue weighted by Gasteiger charge is -2.21. The van der Waals surface area contributed by atoms with Gasteiger partial charge >= 0.3 is 0 Å². The predicted molar refractivity (Wildman–Crippen MR) is 72.3 cm³/mol. The molecule has 5 nitrogen and oxygen atoms in total. The topological polar surface area (TPSA) is 75.0 Å². The molecule has 0 spiro atoms. The number of aromatic amines is 1. The zero-order valence-corrected chi connectivity index (χ0v) is 10.6. The number of nitrogens with zero attached hydrogens (tertiary/aromatic N) is 2. The molecule has 18 heavy (non-hydrogen) atoms. The minimum absolute atomic E-state index is 0.0619. The maximum Gasteiger partial charge on any atom is 0.271 e. The van der Waals surface area contributed by atoms with E-state index in [2.05, 4.69) is 9.97 Å². The van der Waals surface area contributed by atoms with Crippen LogP contribution in [0.25, 0.3) is 0 Å². The summed E-state index contributed by atoms with van der Waals surface area (Å²) in [5.41, 5.74) is 7.16. The van der Waals surface area contributed by atoms with E-state index in [1.54, 1.807) is 11.9 Å². The second-order valence-electron chi connectivity index (χ2n) is 3.76. The lowest BCUT2D eigenvalue weighted by Crippen LogP contribution is -2.19. The Balaban J connectivity index is 2.51. The van der Waals surface area contributed by atoms with Gasteiger partial charge in [0, 0.05) is 19.3 Å². The van der Waals surface area contributed by atoms with E-state index in [-0.39, 0.29) is 10.6 Å². The first-order valence-electron chi connectivity index (χ1n) is 5.40. The maximum absolute atomic E-state index is 11.5. The van der Waals surface area contributed by atoms with E-state index in [1.807, 2.05) is 24.3 Å². The van der Waals surface area contributed by atoms with Crippen LogP contribution >= 0.6 is 11.6 Å². The first-order chi connectivity index (χ1) is 8.65. The Bertz CT molecular complexity index is 611. The molecule has 6 heteroatoms. The van der Waals surface area contributed by atoms with Crippen molar-refractivity contribution >= 4 is 23.1 Å². The summed E-state index contributed by atoms with van der Waals surface area (Å²) in [6.45, 7) is 0.404. The SMILES string of the molecule is CN(c1ccccc1CN)c1nc[nH]c(=O)c1Cl. The molecule has 0 saturated carbocycles. The number of para-hydroxylation sites is 1. The second kappa shape index (κ2) is 5.20. The van der Waals surface area contributed by atoms with Crippen LogP contribution in [-0.2, 0) is 6.54 Å². The Morgan fingerprint density at radius 1 is 1.44 bits per heavy atom. The smallest absolute Gasteiger partial charge is 0.271 e. The summed E-state index contributed by atoms with van der Waals surface area (Å²) < 4.78 is 0. The van der Waals surface area contributed by atoms with E-state index in [9.17, 15) is 4.79 Å². The van der Waals surface area contributed by atoms with Crippen molar-refractivity contribution in [1.29, 1.82) is 0 Å². The molecule has 1 aromatic carbocycles. The molecule has 0 aliphatic rings. The molecule has 0 bridgehead atoms. The number of nitrogens with two attached hydrogens (primary N) is 1. The van der Waals surface area contributed by atoms with Gasteiger partial charge in [0.25, 0.3) is 5.56 Å². The van der Waals surface area contributed by atoms with Crippen LogP contribution < -0.4 is 16.2 Å². The van der Waals surface area contributed by atoms with Gasteiger partial charge in [-0.15, -0.1) is 0 Å². The summed E-state index contributed by atoms with van der Waals surface area (Å²) in [5.74, 6) is 0.404. The highest BCUT2D eigenvalue weighted by atomic mass is 35.5. The third kappa shape index (κ3) is 2.23. The van der Waals surface area contributed by atoms with Gasteiger partial charge < -0.3 is 15.6 Å². The van der Waals surface area contributed by atoms with E-state index in [4.69, 9.17) is 17.3 Å². The van der Waals surface area contributed by atoms with Gasteiger partial charge in [0.05, 0.1) is 6.33 Å². The number of H-pyrrole nitrogens is 1. The molecule has 0 saturated heterocycles. The highest BCUT2D eigenvalue weighted by Gasteiger charge is 2.14. The second-order valence-corrected chi connectivity index (χ2v) is 4.14. The van der Waals surface area contributed by atoms with Crippen molar-refractivity contribution in [2.24, 2.45) is 5.73 Å². The van der Waals surface area contributed by atoms with E-state index >= 15 is 0 Å². The molecule has 1 heterocycles. The molecule has 0 radical (unpaired) electrons. The van der Waals surface area contributed by atoms with Crippen molar-refractivity contribution in [1.82, 2.24) is 9.97 Å². The molecular formula is C12H13ClN4O. The lowest BCUT2D eigenvalue weighted by molar-refractivity contribution is 1.02. The van der Waals surface area contributed by atoms with Crippen LogP contribution in [0.5, 0.6) is 0 Å². The summed E-state index contributed by atoms with van der Waals surface area (Å²) in [6.07, 6.45) is 1.32. The Hall–Kier alpha value is -1.85. The molecule has 1 aromatic heterocycles. The van der Waals surface area contributed by atoms with Crippen molar-refractivity contribution in [2.45, 2.75) is 6.54 Å². The van der Waals surface area contributed by atoms with Crippen LogP contribution in [0.4, 0.5) is 11.5 Å². The van der Waals surface area contributed by atoms with Crippen LogP contribution in [0.3, 0.4) is 0 Å². The summed E-state index contributed by atoms with van der Waals surface area (Å²) in [7, 11) is 1.79. The monoisotopic (exact) mass is 264 g/mol. The number of benzene rings is 1. The highest BCUT2D eigenvalue weighted by molar-refractivity contribution is 6.32. The van der Waals surface area contributed by atoms with Crippen molar-refractivity contribution in [3.05, 3.63) is 51.5 Å². The van der Waals surface area contributed by atoms with Crippen molar-refractivity contribution in [2.75, 3.05) is 11.9 Å².